The van der Waals surface area contributed by atoms with E-state index in [9.17, 15) is 14.7 Å². The SMILES string of the molecule is Cc1nc(-c2ccc3c(=O)n(CC(C)C)c(CN)c(-c4ccccc4)c3c2)sc1C(=O)O.Cl. The highest BCUT2D eigenvalue weighted by Crippen LogP contribution is 2.35. The molecule has 172 valence electrons. The number of thiazole rings is 1. The van der Waals surface area contributed by atoms with Crippen LogP contribution in [0.1, 0.15) is 34.9 Å². The third kappa shape index (κ3) is 4.57. The average molecular weight is 484 g/mol. The molecule has 0 fully saturated rings. The van der Waals surface area contributed by atoms with Crippen molar-refractivity contribution in [1.82, 2.24) is 9.55 Å². The van der Waals surface area contributed by atoms with Crippen LogP contribution in [0.3, 0.4) is 0 Å². The Morgan fingerprint density at radius 1 is 1.12 bits per heavy atom. The molecule has 0 aliphatic carbocycles. The molecule has 6 nitrogen and oxygen atoms in total. The van der Waals surface area contributed by atoms with Crippen LogP contribution in [0.5, 0.6) is 0 Å². The van der Waals surface area contributed by atoms with E-state index in [0.717, 1.165) is 39.1 Å². The van der Waals surface area contributed by atoms with Gasteiger partial charge >= 0.3 is 5.97 Å². The molecule has 4 rings (SSSR count). The van der Waals surface area contributed by atoms with E-state index in [1.165, 1.54) is 0 Å². The number of hydrogen-bond donors (Lipinski definition) is 2. The van der Waals surface area contributed by atoms with Gasteiger partial charge in [-0.1, -0.05) is 50.2 Å². The Kier molecular flexibility index (Phi) is 7.37. The fraction of sp³-hybridized carbons (Fsp3) is 0.240. The van der Waals surface area contributed by atoms with E-state index in [0.29, 0.717) is 22.6 Å². The number of fused-ring (bicyclic) bond motifs is 1. The van der Waals surface area contributed by atoms with Crippen LogP contribution in [-0.4, -0.2) is 20.6 Å². The van der Waals surface area contributed by atoms with Crippen molar-refractivity contribution >= 4 is 40.5 Å². The first-order valence-electron chi connectivity index (χ1n) is 10.5. The van der Waals surface area contributed by atoms with Crippen molar-refractivity contribution in [2.24, 2.45) is 11.7 Å². The number of aromatic nitrogens is 2. The summed E-state index contributed by atoms with van der Waals surface area (Å²) in [4.78, 5) is 29.6. The number of nitrogens with zero attached hydrogens (tertiary/aromatic N) is 2. The molecule has 0 saturated carbocycles. The van der Waals surface area contributed by atoms with Crippen molar-refractivity contribution in [2.45, 2.75) is 33.9 Å². The molecular formula is C25H26ClN3O3S. The van der Waals surface area contributed by atoms with Gasteiger partial charge in [0, 0.05) is 35.3 Å². The van der Waals surface area contributed by atoms with E-state index < -0.39 is 5.97 Å². The Morgan fingerprint density at radius 2 is 1.82 bits per heavy atom. The summed E-state index contributed by atoms with van der Waals surface area (Å²) < 4.78 is 1.80. The monoisotopic (exact) mass is 483 g/mol. The molecule has 33 heavy (non-hydrogen) atoms. The smallest absolute Gasteiger partial charge is 0.347 e. The number of carboxylic acids is 1. The van der Waals surface area contributed by atoms with Gasteiger partial charge < -0.3 is 15.4 Å². The first-order chi connectivity index (χ1) is 15.3. The maximum absolute atomic E-state index is 13.4. The minimum atomic E-state index is -0.987. The van der Waals surface area contributed by atoms with Gasteiger partial charge in [-0.2, -0.15) is 0 Å². The Bertz CT molecular complexity index is 1380. The largest absolute Gasteiger partial charge is 0.477 e. The number of carbonyl (C=O) groups is 1. The molecule has 2 aromatic heterocycles. The number of aryl methyl sites for hydroxylation is 1. The lowest BCUT2D eigenvalue weighted by Gasteiger charge is -2.21. The van der Waals surface area contributed by atoms with E-state index in [-0.39, 0.29) is 35.3 Å². The number of halogens is 1. The molecule has 0 atom stereocenters. The van der Waals surface area contributed by atoms with E-state index in [1.807, 2.05) is 48.5 Å². The van der Waals surface area contributed by atoms with Crippen LogP contribution in [0.4, 0.5) is 0 Å². The predicted octanol–water partition coefficient (Wildman–Crippen LogP) is 5.34. The quantitative estimate of drug-likeness (QED) is 0.386. The highest BCUT2D eigenvalue weighted by atomic mass is 35.5. The summed E-state index contributed by atoms with van der Waals surface area (Å²) in [5.74, 6) is -0.704. The van der Waals surface area contributed by atoms with Crippen LogP contribution in [0.2, 0.25) is 0 Å². The topological polar surface area (TPSA) is 98.2 Å². The van der Waals surface area contributed by atoms with Gasteiger partial charge in [-0.25, -0.2) is 9.78 Å². The Labute approximate surface area is 202 Å². The summed E-state index contributed by atoms with van der Waals surface area (Å²) in [5.41, 5.74) is 10.1. The van der Waals surface area contributed by atoms with Crippen molar-refractivity contribution in [2.75, 3.05) is 0 Å². The molecule has 8 heteroatoms. The highest BCUT2D eigenvalue weighted by Gasteiger charge is 2.20. The molecule has 0 radical (unpaired) electrons. The van der Waals surface area contributed by atoms with Gasteiger partial charge in [-0.3, -0.25) is 4.79 Å². The minimum absolute atomic E-state index is 0. The van der Waals surface area contributed by atoms with Crippen molar-refractivity contribution in [3.05, 3.63) is 75.1 Å². The van der Waals surface area contributed by atoms with Gasteiger partial charge in [0.25, 0.3) is 5.56 Å². The number of carboxylic acid groups (broad SMARTS) is 1. The van der Waals surface area contributed by atoms with Crippen LogP contribution in [0.15, 0.2) is 53.3 Å². The van der Waals surface area contributed by atoms with Gasteiger partial charge in [-0.15, -0.1) is 23.7 Å². The second kappa shape index (κ2) is 9.87. The summed E-state index contributed by atoms with van der Waals surface area (Å²) in [6.45, 7) is 6.65. The zero-order valence-electron chi connectivity index (χ0n) is 18.7. The summed E-state index contributed by atoms with van der Waals surface area (Å²) in [6, 6.07) is 15.5. The number of benzene rings is 2. The summed E-state index contributed by atoms with van der Waals surface area (Å²) in [5, 5.41) is 11.4. The van der Waals surface area contributed by atoms with Gasteiger partial charge in [0.1, 0.15) is 9.88 Å². The highest BCUT2D eigenvalue weighted by molar-refractivity contribution is 7.17. The molecule has 0 bridgehead atoms. The number of pyridine rings is 1. The maximum Gasteiger partial charge on any atom is 0.347 e. The van der Waals surface area contributed by atoms with Gasteiger partial charge in [0.15, 0.2) is 0 Å². The molecule has 2 aromatic carbocycles. The number of aromatic carboxylic acids is 1. The molecule has 2 heterocycles. The van der Waals surface area contributed by atoms with E-state index in [2.05, 4.69) is 18.8 Å². The molecule has 0 amide bonds. The van der Waals surface area contributed by atoms with E-state index >= 15 is 0 Å². The lowest BCUT2D eigenvalue weighted by atomic mass is 9.95. The minimum Gasteiger partial charge on any atom is -0.477 e. The van der Waals surface area contributed by atoms with Crippen LogP contribution >= 0.6 is 23.7 Å². The molecule has 0 unspecified atom stereocenters. The van der Waals surface area contributed by atoms with E-state index in [4.69, 9.17) is 5.73 Å². The maximum atomic E-state index is 13.4. The Balaban J connectivity index is 0.00000306. The molecule has 3 N–H and O–H groups in total. The van der Waals surface area contributed by atoms with Crippen LogP contribution < -0.4 is 11.3 Å². The van der Waals surface area contributed by atoms with Crippen LogP contribution in [-0.2, 0) is 13.1 Å². The zero-order valence-corrected chi connectivity index (χ0v) is 20.3. The number of rotatable bonds is 6. The summed E-state index contributed by atoms with van der Waals surface area (Å²) >= 11 is 1.14. The second-order valence-corrected chi connectivity index (χ2v) is 9.20. The average Bonchev–Trinajstić information content (AvgIpc) is 3.17. The molecule has 0 aliphatic heterocycles. The second-order valence-electron chi connectivity index (χ2n) is 8.20. The summed E-state index contributed by atoms with van der Waals surface area (Å²) in [7, 11) is 0. The third-order valence-electron chi connectivity index (χ3n) is 5.42. The van der Waals surface area contributed by atoms with Crippen LogP contribution in [0, 0.1) is 12.8 Å². The van der Waals surface area contributed by atoms with E-state index in [1.54, 1.807) is 11.5 Å². The first-order valence-corrected chi connectivity index (χ1v) is 11.3. The lowest BCUT2D eigenvalue weighted by Crippen LogP contribution is -2.28. The molecular weight excluding hydrogens is 458 g/mol. The Hall–Kier alpha value is -3.00. The van der Waals surface area contributed by atoms with Crippen molar-refractivity contribution in [1.29, 1.82) is 0 Å². The van der Waals surface area contributed by atoms with Gasteiger partial charge in [0.05, 0.1) is 5.69 Å². The fourth-order valence-electron chi connectivity index (χ4n) is 4.04. The van der Waals surface area contributed by atoms with Crippen LogP contribution in [0.25, 0.3) is 32.5 Å². The fourth-order valence-corrected chi connectivity index (χ4v) is 4.95. The molecule has 0 saturated heterocycles. The van der Waals surface area contributed by atoms with Crippen molar-refractivity contribution in [3.63, 3.8) is 0 Å². The van der Waals surface area contributed by atoms with Crippen molar-refractivity contribution in [3.8, 4) is 21.7 Å². The van der Waals surface area contributed by atoms with Gasteiger partial charge in [-0.05, 0) is 35.9 Å². The lowest BCUT2D eigenvalue weighted by molar-refractivity contribution is 0.0701. The standard InChI is InChI=1S/C25H25N3O3S.ClH/c1-14(2)13-28-20(12-26)21(16-7-5-4-6-8-16)19-11-17(9-10-18(19)24(28)29)23-27-15(3)22(32-23)25(30)31;/h4-11,14H,12-13,26H2,1-3H3,(H,30,31);1H. The Morgan fingerprint density at radius 3 is 2.39 bits per heavy atom. The predicted molar refractivity (Wildman–Crippen MR) is 136 cm³/mol. The number of nitrogens with two attached hydrogens (primary N) is 1. The van der Waals surface area contributed by atoms with Crippen molar-refractivity contribution < 1.29 is 9.90 Å². The normalized spacial score (nSPS) is 11.1. The number of hydrogen-bond acceptors (Lipinski definition) is 5. The molecule has 4 aromatic rings. The third-order valence-corrected chi connectivity index (χ3v) is 6.61. The zero-order chi connectivity index (χ0) is 23.0. The summed E-state index contributed by atoms with van der Waals surface area (Å²) in [6.07, 6.45) is 0. The first kappa shape index (κ1) is 24.6. The molecule has 0 aliphatic rings. The molecule has 0 spiro atoms. The van der Waals surface area contributed by atoms with Gasteiger partial charge in [0.2, 0.25) is 0 Å².